The fourth-order valence-corrected chi connectivity index (χ4v) is 3.81. The number of H-pyrrole nitrogens is 1. The molecule has 0 aliphatic carbocycles. The number of aliphatic hydroxyl groups excluding tert-OH is 1. The number of imidazole rings is 1. The highest BCUT2D eigenvalue weighted by Crippen LogP contribution is 2.44. The van der Waals surface area contributed by atoms with E-state index in [-0.39, 0.29) is 29.6 Å². The number of carbonyl (C=O) groups is 1. The summed E-state index contributed by atoms with van der Waals surface area (Å²) in [7, 11) is 0. The molecule has 11 nitrogen and oxygen atoms in total. The SMILES string of the molecule is CC(=O)Nc1nc2c(ncn2[C@@H]2O[C@H](CO)[C@H]3OC(c4ccccc4)O[C@H]32)c(=O)[nH]1. The quantitative estimate of drug-likeness (QED) is 0.560. The zero-order valence-corrected chi connectivity index (χ0v) is 15.9. The van der Waals surface area contributed by atoms with Gasteiger partial charge in [0.15, 0.2) is 23.7 Å². The lowest BCUT2D eigenvalue weighted by Crippen LogP contribution is -2.30. The van der Waals surface area contributed by atoms with E-state index in [9.17, 15) is 14.7 Å². The van der Waals surface area contributed by atoms with Crippen molar-refractivity contribution in [3.63, 3.8) is 0 Å². The molecular formula is C19H19N5O6. The Hall–Kier alpha value is -3.12. The second-order valence-corrected chi connectivity index (χ2v) is 7.11. The number of aliphatic hydroxyl groups is 1. The first-order chi connectivity index (χ1) is 14.5. The average Bonchev–Trinajstić information content (AvgIpc) is 3.41. The predicted molar refractivity (Wildman–Crippen MR) is 102 cm³/mol. The Labute approximate surface area is 169 Å². The third kappa shape index (κ3) is 3.08. The molecule has 0 saturated carbocycles. The van der Waals surface area contributed by atoms with Gasteiger partial charge in [0, 0.05) is 12.5 Å². The Morgan fingerprint density at radius 3 is 2.73 bits per heavy atom. The summed E-state index contributed by atoms with van der Waals surface area (Å²) in [5.74, 6) is -0.375. The first-order valence-corrected chi connectivity index (χ1v) is 9.42. The van der Waals surface area contributed by atoms with Gasteiger partial charge in [-0.25, -0.2) is 4.98 Å². The van der Waals surface area contributed by atoms with Gasteiger partial charge < -0.3 is 19.3 Å². The minimum absolute atomic E-state index is 0.000701. The average molecular weight is 413 g/mol. The molecule has 0 bridgehead atoms. The van der Waals surface area contributed by atoms with Gasteiger partial charge in [0.1, 0.15) is 18.3 Å². The standard InChI is InChI=1S/C19H19N5O6/c1-9(26)21-19-22-15-12(16(27)23-19)20-8-24(15)17-14-13(11(7-25)28-17)29-18(30-14)10-5-3-2-4-6-10/h2-6,8,11,13-14,17-18,25H,7H2,1H3,(H2,21,22,23,26,27)/t11-,13-,14-,17-,18?/m1/s1. The molecule has 3 aromatic rings. The van der Waals surface area contributed by atoms with Crippen LogP contribution in [0.3, 0.4) is 0 Å². The second-order valence-electron chi connectivity index (χ2n) is 7.11. The number of hydrogen-bond acceptors (Lipinski definition) is 8. The maximum absolute atomic E-state index is 12.3. The van der Waals surface area contributed by atoms with Crippen molar-refractivity contribution in [2.45, 2.75) is 37.8 Å². The van der Waals surface area contributed by atoms with Gasteiger partial charge in [-0.3, -0.25) is 24.5 Å². The molecule has 2 aliphatic heterocycles. The van der Waals surface area contributed by atoms with Crippen LogP contribution in [0.1, 0.15) is 25.0 Å². The highest BCUT2D eigenvalue weighted by Gasteiger charge is 2.53. The molecule has 2 aliphatic rings. The number of carbonyl (C=O) groups excluding carboxylic acids is 1. The van der Waals surface area contributed by atoms with Crippen molar-refractivity contribution in [2.24, 2.45) is 0 Å². The minimum atomic E-state index is -0.731. The molecule has 1 aromatic carbocycles. The molecule has 0 spiro atoms. The van der Waals surface area contributed by atoms with Crippen LogP contribution in [0.2, 0.25) is 0 Å². The lowest BCUT2D eigenvalue weighted by atomic mass is 10.1. The Morgan fingerprint density at radius 2 is 2.00 bits per heavy atom. The molecule has 2 aromatic heterocycles. The van der Waals surface area contributed by atoms with Crippen LogP contribution in [0.5, 0.6) is 0 Å². The van der Waals surface area contributed by atoms with Gasteiger partial charge in [-0.15, -0.1) is 0 Å². The van der Waals surface area contributed by atoms with Crippen molar-refractivity contribution in [1.82, 2.24) is 19.5 Å². The first kappa shape index (κ1) is 18.9. The minimum Gasteiger partial charge on any atom is -0.394 e. The van der Waals surface area contributed by atoms with Crippen LogP contribution in [0.15, 0.2) is 41.5 Å². The molecular weight excluding hydrogens is 394 g/mol. The number of nitrogens with one attached hydrogen (secondary N) is 2. The van der Waals surface area contributed by atoms with E-state index in [4.69, 9.17) is 14.2 Å². The van der Waals surface area contributed by atoms with E-state index >= 15 is 0 Å². The van der Waals surface area contributed by atoms with Crippen LogP contribution in [0, 0.1) is 0 Å². The van der Waals surface area contributed by atoms with Gasteiger partial charge in [-0.2, -0.15) is 4.98 Å². The summed E-state index contributed by atoms with van der Waals surface area (Å²) in [5.41, 5.74) is 0.661. The number of rotatable bonds is 4. The van der Waals surface area contributed by atoms with Crippen molar-refractivity contribution < 1.29 is 24.1 Å². The van der Waals surface area contributed by atoms with Crippen LogP contribution in [-0.2, 0) is 19.0 Å². The Kier molecular flexibility index (Phi) is 4.59. The molecule has 5 atom stereocenters. The number of anilines is 1. The molecule has 156 valence electrons. The first-order valence-electron chi connectivity index (χ1n) is 9.42. The fraction of sp³-hybridized carbons (Fsp3) is 0.368. The van der Waals surface area contributed by atoms with Gasteiger partial charge >= 0.3 is 0 Å². The van der Waals surface area contributed by atoms with Gasteiger partial charge in [0.2, 0.25) is 11.9 Å². The van der Waals surface area contributed by atoms with Crippen molar-refractivity contribution in [1.29, 1.82) is 0 Å². The van der Waals surface area contributed by atoms with Crippen molar-refractivity contribution in [2.75, 3.05) is 11.9 Å². The fourth-order valence-electron chi connectivity index (χ4n) is 3.81. The monoisotopic (exact) mass is 413 g/mol. The van der Waals surface area contributed by atoms with Crippen LogP contribution in [-0.4, -0.2) is 55.5 Å². The van der Waals surface area contributed by atoms with E-state index < -0.39 is 36.4 Å². The largest absolute Gasteiger partial charge is 0.394 e. The van der Waals surface area contributed by atoms with Crippen LogP contribution in [0.4, 0.5) is 5.95 Å². The van der Waals surface area contributed by atoms with Gasteiger partial charge in [-0.1, -0.05) is 30.3 Å². The summed E-state index contributed by atoms with van der Waals surface area (Å²) in [6.07, 6.45) is -1.61. The summed E-state index contributed by atoms with van der Waals surface area (Å²) in [4.78, 5) is 34.6. The van der Waals surface area contributed by atoms with E-state index in [2.05, 4.69) is 20.3 Å². The molecule has 1 unspecified atom stereocenters. The van der Waals surface area contributed by atoms with Crippen molar-refractivity contribution in [3.05, 3.63) is 52.6 Å². The Balaban J connectivity index is 1.52. The summed E-state index contributed by atoms with van der Waals surface area (Å²) in [6, 6.07) is 9.45. The van der Waals surface area contributed by atoms with E-state index in [1.54, 1.807) is 4.57 Å². The van der Waals surface area contributed by atoms with Crippen LogP contribution < -0.4 is 10.9 Å². The number of amides is 1. The molecule has 3 N–H and O–H groups in total. The molecule has 2 fully saturated rings. The van der Waals surface area contributed by atoms with Gasteiger partial charge in [0.05, 0.1) is 12.9 Å². The number of nitrogens with zero attached hydrogens (tertiary/aromatic N) is 3. The predicted octanol–water partition coefficient (Wildman–Crippen LogP) is 0.450. The number of benzene rings is 1. The molecule has 4 heterocycles. The summed E-state index contributed by atoms with van der Waals surface area (Å²) in [5, 5.41) is 12.2. The van der Waals surface area contributed by atoms with Gasteiger partial charge in [-0.05, 0) is 0 Å². The third-order valence-electron chi connectivity index (χ3n) is 5.10. The number of aromatic amines is 1. The van der Waals surface area contributed by atoms with E-state index in [0.29, 0.717) is 0 Å². The number of aromatic nitrogens is 4. The topological polar surface area (TPSA) is 141 Å². The maximum atomic E-state index is 12.3. The Morgan fingerprint density at radius 1 is 1.23 bits per heavy atom. The lowest BCUT2D eigenvalue weighted by Gasteiger charge is -2.20. The number of fused-ring (bicyclic) bond motifs is 2. The van der Waals surface area contributed by atoms with E-state index in [1.165, 1.54) is 13.3 Å². The summed E-state index contributed by atoms with van der Waals surface area (Å²) < 4.78 is 19.7. The molecule has 1 amide bonds. The molecule has 11 heteroatoms. The van der Waals surface area contributed by atoms with Crippen LogP contribution >= 0.6 is 0 Å². The third-order valence-corrected chi connectivity index (χ3v) is 5.10. The highest BCUT2D eigenvalue weighted by atomic mass is 16.8. The highest BCUT2D eigenvalue weighted by molar-refractivity contribution is 5.87. The van der Waals surface area contributed by atoms with Gasteiger partial charge in [0.25, 0.3) is 5.56 Å². The Bertz CT molecular complexity index is 1150. The molecule has 30 heavy (non-hydrogen) atoms. The molecule has 0 radical (unpaired) electrons. The lowest BCUT2D eigenvalue weighted by molar-refractivity contribution is -0.153. The van der Waals surface area contributed by atoms with Crippen molar-refractivity contribution in [3.8, 4) is 0 Å². The summed E-state index contributed by atoms with van der Waals surface area (Å²) >= 11 is 0. The normalized spacial score (nSPS) is 28.0. The zero-order valence-electron chi connectivity index (χ0n) is 15.9. The number of ether oxygens (including phenoxy) is 3. The smallest absolute Gasteiger partial charge is 0.280 e. The van der Waals surface area contributed by atoms with E-state index in [1.807, 2.05) is 30.3 Å². The zero-order chi connectivity index (χ0) is 20.8. The number of hydrogen-bond donors (Lipinski definition) is 3. The summed E-state index contributed by atoms with van der Waals surface area (Å²) in [6.45, 7) is 1.05. The van der Waals surface area contributed by atoms with E-state index in [0.717, 1.165) is 5.56 Å². The van der Waals surface area contributed by atoms with Crippen molar-refractivity contribution >= 4 is 23.0 Å². The second kappa shape index (κ2) is 7.29. The van der Waals surface area contributed by atoms with Crippen LogP contribution in [0.25, 0.3) is 11.2 Å². The molecule has 5 rings (SSSR count). The molecule has 2 saturated heterocycles. The maximum Gasteiger partial charge on any atom is 0.280 e.